The first-order chi connectivity index (χ1) is 12.3. The highest BCUT2D eigenvalue weighted by atomic mass is 16.6. The van der Waals surface area contributed by atoms with Crippen LogP contribution in [0.1, 0.15) is 40.9 Å². The minimum Gasteiger partial charge on any atom is -0.273 e. The minimum atomic E-state index is -0.981. The zero-order chi connectivity index (χ0) is 19.1. The van der Waals surface area contributed by atoms with Crippen molar-refractivity contribution < 1.29 is 14.5 Å². The van der Waals surface area contributed by atoms with Crippen molar-refractivity contribution in [1.82, 2.24) is 4.90 Å². The molecule has 2 amide bonds. The van der Waals surface area contributed by atoms with Crippen LogP contribution in [0.2, 0.25) is 0 Å². The minimum absolute atomic E-state index is 0.0366. The number of imide groups is 1. The standard InChI is InChI=1S/C19H15N3O4/c1-19(2)16-8-7-14(22(25)26)9-15(16)17(23)21(18(19)24)11-13-5-3-12(10-20)4-6-13/h3-9H,11H2,1-2H3. The Balaban J connectivity index is 2.03. The molecule has 3 rings (SSSR count). The molecule has 0 aromatic heterocycles. The first kappa shape index (κ1) is 17.3. The largest absolute Gasteiger partial charge is 0.273 e. The summed E-state index contributed by atoms with van der Waals surface area (Å²) in [7, 11) is 0. The lowest BCUT2D eigenvalue weighted by Gasteiger charge is -2.37. The number of nitrogens with zero attached hydrogens (tertiary/aromatic N) is 3. The van der Waals surface area contributed by atoms with Crippen molar-refractivity contribution >= 4 is 17.5 Å². The maximum atomic E-state index is 12.9. The van der Waals surface area contributed by atoms with Crippen molar-refractivity contribution in [3.8, 4) is 6.07 Å². The number of nitro benzene ring substituents is 1. The van der Waals surface area contributed by atoms with Crippen molar-refractivity contribution in [3.63, 3.8) is 0 Å². The van der Waals surface area contributed by atoms with Gasteiger partial charge in [0, 0.05) is 12.1 Å². The van der Waals surface area contributed by atoms with Crippen LogP contribution >= 0.6 is 0 Å². The Bertz CT molecular complexity index is 971. The SMILES string of the molecule is CC1(C)C(=O)N(Cc2ccc(C#N)cc2)C(=O)c2cc([N+](=O)[O-])ccc21. The van der Waals surface area contributed by atoms with Crippen molar-refractivity contribution in [2.75, 3.05) is 0 Å². The van der Waals surface area contributed by atoms with Crippen molar-refractivity contribution in [2.45, 2.75) is 25.8 Å². The summed E-state index contributed by atoms with van der Waals surface area (Å²) in [5.41, 5.74) is 0.638. The monoisotopic (exact) mass is 349 g/mol. The number of amides is 2. The molecule has 0 aliphatic carbocycles. The summed E-state index contributed by atoms with van der Waals surface area (Å²) < 4.78 is 0. The smallest absolute Gasteiger partial charge is 0.270 e. The Hall–Kier alpha value is -3.53. The van der Waals surface area contributed by atoms with E-state index >= 15 is 0 Å². The fraction of sp³-hybridized carbons (Fsp3) is 0.211. The van der Waals surface area contributed by atoms with Crippen molar-refractivity contribution in [2.24, 2.45) is 0 Å². The lowest BCUT2D eigenvalue weighted by molar-refractivity contribution is -0.384. The van der Waals surface area contributed by atoms with Crippen LogP contribution in [0.25, 0.3) is 0 Å². The van der Waals surface area contributed by atoms with E-state index < -0.39 is 16.2 Å². The molecule has 0 fully saturated rings. The average molecular weight is 349 g/mol. The zero-order valence-corrected chi connectivity index (χ0v) is 14.2. The van der Waals surface area contributed by atoms with E-state index in [0.29, 0.717) is 16.7 Å². The van der Waals surface area contributed by atoms with Crippen molar-refractivity contribution in [1.29, 1.82) is 5.26 Å². The van der Waals surface area contributed by atoms with Crippen LogP contribution in [0.3, 0.4) is 0 Å². The van der Waals surface area contributed by atoms with E-state index in [0.717, 1.165) is 4.90 Å². The van der Waals surface area contributed by atoms with E-state index in [4.69, 9.17) is 5.26 Å². The number of carbonyl (C=O) groups is 2. The highest BCUT2D eigenvalue weighted by Gasteiger charge is 2.44. The Morgan fingerprint density at radius 2 is 1.81 bits per heavy atom. The number of rotatable bonds is 3. The number of hydrogen-bond donors (Lipinski definition) is 0. The molecule has 0 saturated heterocycles. The van der Waals surface area contributed by atoms with Crippen LogP contribution in [-0.4, -0.2) is 21.6 Å². The number of hydrogen-bond acceptors (Lipinski definition) is 5. The molecule has 0 spiro atoms. The van der Waals surface area contributed by atoms with Gasteiger partial charge in [-0.1, -0.05) is 18.2 Å². The molecule has 0 N–H and O–H groups in total. The van der Waals surface area contributed by atoms with Gasteiger partial charge in [0.2, 0.25) is 5.91 Å². The summed E-state index contributed by atoms with van der Waals surface area (Å²) >= 11 is 0. The second-order valence-electron chi connectivity index (χ2n) is 6.62. The van der Waals surface area contributed by atoms with E-state index in [-0.39, 0.29) is 23.7 Å². The second-order valence-corrected chi connectivity index (χ2v) is 6.62. The van der Waals surface area contributed by atoms with Gasteiger partial charge in [-0.05, 0) is 37.1 Å². The van der Waals surface area contributed by atoms with Gasteiger partial charge in [-0.2, -0.15) is 5.26 Å². The van der Waals surface area contributed by atoms with E-state index in [1.807, 2.05) is 6.07 Å². The lowest BCUT2D eigenvalue weighted by atomic mass is 9.77. The number of fused-ring (bicyclic) bond motifs is 1. The molecule has 26 heavy (non-hydrogen) atoms. The van der Waals surface area contributed by atoms with Gasteiger partial charge in [0.25, 0.3) is 11.6 Å². The Morgan fingerprint density at radius 3 is 2.38 bits per heavy atom. The number of nitro groups is 1. The first-order valence-corrected chi connectivity index (χ1v) is 7.90. The molecule has 0 unspecified atom stereocenters. The van der Waals surface area contributed by atoms with E-state index in [1.54, 1.807) is 38.1 Å². The van der Waals surface area contributed by atoms with Crippen LogP contribution in [0.5, 0.6) is 0 Å². The number of carbonyl (C=O) groups excluding carboxylic acids is 2. The van der Waals surface area contributed by atoms with Gasteiger partial charge >= 0.3 is 0 Å². The maximum absolute atomic E-state index is 12.9. The molecule has 0 saturated carbocycles. The van der Waals surface area contributed by atoms with Gasteiger partial charge in [0.05, 0.1) is 34.1 Å². The molecule has 1 aliphatic heterocycles. The number of non-ortho nitro benzene ring substituents is 1. The van der Waals surface area contributed by atoms with Gasteiger partial charge < -0.3 is 0 Å². The fourth-order valence-electron chi connectivity index (χ4n) is 3.07. The normalized spacial score (nSPS) is 15.3. The molecular weight excluding hydrogens is 334 g/mol. The summed E-state index contributed by atoms with van der Waals surface area (Å²) in [6.07, 6.45) is 0. The highest BCUT2D eigenvalue weighted by Crippen LogP contribution is 2.36. The topological polar surface area (TPSA) is 104 Å². The molecule has 7 heteroatoms. The molecule has 2 aromatic carbocycles. The van der Waals surface area contributed by atoms with Crippen LogP contribution in [0.15, 0.2) is 42.5 Å². The fourth-order valence-corrected chi connectivity index (χ4v) is 3.07. The molecule has 0 radical (unpaired) electrons. The quantitative estimate of drug-likeness (QED) is 0.481. The molecule has 1 heterocycles. The van der Waals surface area contributed by atoms with Crippen LogP contribution < -0.4 is 0 Å². The third-order valence-corrected chi connectivity index (χ3v) is 4.57. The number of nitriles is 1. The van der Waals surface area contributed by atoms with Crippen LogP contribution in [0, 0.1) is 21.4 Å². The summed E-state index contributed by atoms with van der Waals surface area (Å²) in [5.74, 6) is -0.925. The third kappa shape index (κ3) is 2.71. The van der Waals surface area contributed by atoms with E-state index in [2.05, 4.69) is 0 Å². The molecule has 2 aromatic rings. The summed E-state index contributed by atoms with van der Waals surface area (Å²) in [4.78, 5) is 37.3. The van der Waals surface area contributed by atoms with Crippen LogP contribution in [0.4, 0.5) is 5.69 Å². The van der Waals surface area contributed by atoms with E-state index in [9.17, 15) is 19.7 Å². The van der Waals surface area contributed by atoms with Gasteiger partial charge in [0.15, 0.2) is 0 Å². The Kier molecular flexibility index (Phi) is 4.04. The van der Waals surface area contributed by atoms with Crippen LogP contribution in [-0.2, 0) is 16.8 Å². The molecule has 0 bridgehead atoms. The average Bonchev–Trinajstić information content (AvgIpc) is 2.64. The van der Waals surface area contributed by atoms with Gasteiger partial charge in [-0.15, -0.1) is 0 Å². The molecule has 130 valence electrons. The molecular formula is C19H15N3O4. The molecule has 1 aliphatic rings. The maximum Gasteiger partial charge on any atom is 0.270 e. The lowest BCUT2D eigenvalue weighted by Crippen LogP contribution is -2.51. The summed E-state index contributed by atoms with van der Waals surface area (Å²) in [6, 6.07) is 12.6. The predicted octanol–water partition coefficient (Wildman–Crippen LogP) is 2.93. The van der Waals surface area contributed by atoms with Gasteiger partial charge in [-0.3, -0.25) is 24.6 Å². The number of benzene rings is 2. The summed E-state index contributed by atoms with van der Waals surface area (Å²) in [6.45, 7) is 3.42. The third-order valence-electron chi connectivity index (χ3n) is 4.57. The van der Waals surface area contributed by atoms with E-state index in [1.165, 1.54) is 18.2 Å². The zero-order valence-electron chi connectivity index (χ0n) is 14.2. The van der Waals surface area contributed by atoms with Gasteiger partial charge in [-0.25, -0.2) is 0 Å². The molecule has 7 nitrogen and oxygen atoms in total. The second kappa shape index (κ2) is 6.08. The summed E-state index contributed by atoms with van der Waals surface area (Å²) in [5, 5.41) is 19.9. The Labute approximate surface area is 149 Å². The van der Waals surface area contributed by atoms with Crippen molar-refractivity contribution in [3.05, 3.63) is 74.8 Å². The van der Waals surface area contributed by atoms with Gasteiger partial charge in [0.1, 0.15) is 0 Å². The predicted molar refractivity (Wildman–Crippen MR) is 92.2 cm³/mol. The first-order valence-electron chi connectivity index (χ1n) is 7.90. The highest BCUT2D eigenvalue weighted by molar-refractivity contribution is 6.13. The Morgan fingerprint density at radius 1 is 1.15 bits per heavy atom. The molecule has 0 atom stereocenters.